The highest BCUT2D eigenvalue weighted by Crippen LogP contribution is 1.61. The fourth-order valence-corrected chi connectivity index (χ4v) is 0.472. The van der Waals surface area contributed by atoms with Gasteiger partial charge in [0.2, 0.25) is 0 Å². The van der Waals surface area contributed by atoms with Crippen LogP contribution in [-0.2, 0) is 0 Å². The maximum absolute atomic E-state index is 10.7. The molecule has 76 valence electrons. The lowest BCUT2D eigenvalue weighted by atomic mass is 10.7. The molecule has 0 rings (SSSR count). The predicted octanol–water partition coefficient (Wildman–Crippen LogP) is -2.37. The largest absolute Gasteiger partial charge is 0.395 e. The van der Waals surface area contributed by atoms with Crippen molar-refractivity contribution in [1.29, 1.82) is 0 Å². The zero-order valence-corrected chi connectivity index (χ0v) is 7.18. The standard InChI is InChI=1S/C5H13N5O3/c1-6-8-5(13)10-9-4(12)7-2-3-11/h6,11H,2-3H2,1H3,(H2,7,9,12)(H2,8,10,13). The number of rotatable bonds is 3. The lowest BCUT2D eigenvalue weighted by Gasteiger charge is -2.08. The van der Waals surface area contributed by atoms with Gasteiger partial charge in [-0.05, 0) is 0 Å². The van der Waals surface area contributed by atoms with Gasteiger partial charge in [-0.2, -0.15) is 0 Å². The normalized spacial score (nSPS) is 8.77. The molecular formula is C5H13N5O3. The Morgan fingerprint density at radius 3 is 2.31 bits per heavy atom. The first-order chi connectivity index (χ1) is 6.20. The number of carbonyl (C=O) groups is 2. The van der Waals surface area contributed by atoms with Crippen LogP contribution in [-0.4, -0.2) is 37.4 Å². The SMILES string of the molecule is CNNC(=O)NNC(=O)NCCO. The third-order valence-electron chi connectivity index (χ3n) is 0.925. The van der Waals surface area contributed by atoms with Crippen LogP contribution in [0.1, 0.15) is 0 Å². The molecule has 6 N–H and O–H groups in total. The number of hydrogen-bond acceptors (Lipinski definition) is 4. The first-order valence-electron chi connectivity index (χ1n) is 3.58. The summed E-state index contributed by atoms with van der Waals surface area (Å²) in [7, 11) is 1.51. The van der Waals surface area contributed by atoms with E-state index in [0.717, 1.165) is 0 Å². The molecule has 0 aromatic rings. The van der Waals surface area contributed by atoms with Crippen LogP contribution in [0.25, 0.3) is 0 Å². The summed E-state index contributed by atoms with van der Waals surface area (Å²) < 4.78 is 0. The number of hydrogen-bond donors (Lipinski definition) is 6. The van der Waals surface area contributed by atoms with Crippen LogP contribution in [0.4, 0.5) is 9.59 Å². The molecule has 8 nitrogen and oxygen atoms in total. The molecule has 0 spiro atoms. The highest BCUT2D eigenvalue weighted by atomic mass is 16.3. The Balaban J connectivity index is 3.40. The second-order valence-electron chi connectivity index (χ2n) is 1.93. The second-order valence-corrected chi connectivity index (χ2v) is 1.93. The van der Waals surface area contributed by atoms with Crippen LogP contribution >= 0.6 is 0 Å². The minimum Gasteiger partial charge on any atom is -0.395 e. The average Bonchev–Trinajstić information content (AvgIpc) is 2.12. The van der Waals surface area contributed by atoms with Crippen LogP contribution in [0.5, 0.6) is 0 Å². The molecule has 13 heavy (non-hydrogen) atoms. The zero-order valence-electron chi connectivity index (χ0n) is 7.18. The summed E-state index contributed by atoms with van der Waals surface area (Å²) in [4.78, 5) is 21.4. The van der Waals surface area contributed by atoms with Gasteiger partial charge in [-0.15, -0.1) is 0 Å². The molecule has 0 fully saturated rings. The van der Waals surface area contributed by atoms with Crippen molar-refractivity contribution in [3.8, 4) is 0 Å². The van der Waals surface area contributed by atoms with E-state index in [1.807, 2.05) is 10.9 Å². The number of carbonyl (C=O) groups excluding carboxylic acids is 2. The molecule has 0 saturated heterocycles. The zero-order chi connectivity index (χ0) is 10.1. The molecular weight excluding hydrogens is 178 g/mol. The molecule has 0 unspecified atom stereocenters. The molecule has 0 aliphatic carbocycles. The lowest BCUT2D eigenvalue weighted by molar-refractivity contribution is 0.219. The fraction of sp³-hybridized carbons (Fsp3) is 0.600. The Bertz CT molecular complexity index is 174. The number of urea groups is 2. The Hall–Kier alpha value is -1.54. The van der Waals surface area contributed by atoms with E-state index >= 15 is 0 Å². The summed E-state index contributed by atoms with van der Waals surface area (Å²) in [6.45, 7) is -0.0305. The third-order valence-corrected chi connectivity index (χ3v) is 0.925. The summed E-state index contributed by atoms with van der Waals surface area (Å²) in [5.74, 6) is 0. The molecule has 0 heterocycles. The van der Waals surface area contributed by atoms with Gasteiger partial charge >= 0.3 is 12.1 Å². The number of hydrazine groups is 2. The Labute approximate surface area is 75.0 Å². The lowest BCUT2D eigenvalue weighted by Crippen LogP contribution is -2.53. The summed E-state index contributed by atoms with van der Waals surface area (Å²) in [5.41, 5.74) is 8.60. The molecule has 4 amide bonds. The highest BCUT2D eigenvalue weighted by molar-refractivity contribution is 5.79. The Kier molecular flexibility index (Phi) is 6.28. The first-order valence-corrected chi connectivity index (χ1v) is 3.58. The monoisotopic (exact) mass is 191 g/mol. The van der Waals surface area contributed by atoms with Crippen molar-refractivity contribution in [3.63, 3.8) is 0 Å². The maximum Gasteiger partial charge on any atom is 0.347 e. The molecule has 0 atom stereocenters. The van der Waals surface area contributed by atoms with E-state index in [9.17, 15) is 9.59 Å². The van der Waals surface area contributed by atoms with Crippen molar-refractivity contribution in [2.24, 2.45) is 0 Å². The molecule has 8 heteroatoms. The van der Waals surface area contributed by atoms with E-state index in [1.54, 1.807) is 0 Å². The van der Waals surface area contributed by atoms with Gasteiger partial charge in [-0.25, -0.2) is 25.9 Å². The fourth-order valence-electron chi connectivity index (χ4n) is 0.472. The third kappa shape index (κ3) is 6.84. The van der Waals surface area contributed by atoms with Gasteiger partial charge in [0.25, 0.3) is 0 Å². The molecule has 0 bridgehead atoms. The molecule has 0 aliphatic heterocycles. The van der Waals surface area contributed by atoms with Gasteiger partial charge in [0.1, 0.15) is 0 Å². The van der Waals surface area contributed by atoms with Gasteiger partial charge in [-0.3, -0.25) is 5.43 Å². The Morgan fingerprint density at radius 2 is 1.77 bits per heavy atom. The van der Waals surface area contributed by atoms with Gasteiger partial charge in [0, 0.05) is 13.6 Å². The predicted molar refractivity (Wildman–Crippen MR) is 44.3 cm³/mol. The van der Waals surface area contributed by atoms with Crippen molar-refractivity contribution in [2.45, 2.75) is 0 Å². The number of aliphatic hydroxyl groups excluding tert-OH is 1. The number of nitrogens with one attached hydrogen (secondary N) is 5. The highest BCUT2D eigenvalue weighted by Gasteiger charge is 2.00. The van der Waals surface area contributed by atoms with Gasteiger partial charge in [-0.1, -0.05) is 0 Å². The van der Waals surface area contributed by atoms with E-state index in [0.29, 0.717) is 0 Å². The van der Waals surface area contributed by atoms with E-state index in [2.05, 4.69) is 16.2 Å². The molecule has 0 aromatic heterocycles. The van der Waals surface area contributed by atoms with Crippen LogP contribution in [0.15, 0.2) is 0 Å². The number of aliphatic hydroxyl groups is 1. The summed E-state index contributed by atoms with van der Waals surface area (Å²) >= 11 is 0. The molecule has 0 saturated carbocycles. The maximum atomic E-state index is 10.7. The second kappa shape index (κ2) is 7.13. The molecule has 0 radical (unpaired) electrons. The smallest absolute Gasteiger partial charge is 0.347 e. The van der Waals surface area contributed by atoms with Crippen molar-refractivity contribution >= 4 is 12.1 Å². The quantitative estimate of drug-likeness (QED) is 0.280. The van der Waals surface area contributed by atoms with E-state index in [-0.39, 0.29) is 13.2 Å². The minimum absolute atomic E-state index is 0.126. The van der Waals surface area contributed by atoms with Crippen molar-refractivity contribution in [1.82, 2.24) is 27.0 Å². The van der Waals surface area contributed by atoms with Crippen LogP contribution < -0.4 is 27.0 Å². The van der Waals surface area contributed by atoms with E-state index < -0.39 is 12.1 Å². The van der Waals surface area contributed by atoms with E-state index in [4.69, 9.17) is 5.11 Å². The summed E-state index contributed by atoms with van der Waals surface area (Å²) in [6.07, 6.45) is 0. The average molecular weight is 191 g/mol. The molecule has 0 aromatic carbocycles. The van der Waals surface area contributed by atoms with Crippen LogP contribution in [0.3, 0.4) is 0 Å². The minimum atomic E-state index is -0.597. The Morgan fingerprint density at radius 1 is 1.15 bits per heavy atom. The topological polar surface area (TPSA) is 115 Å². The van der Waals surface area contributed by atoms with Gasteiger partial charge < -0.3 is 10.4 Å². The van der Waals surface area contributed by atoms with Crippen molar-refractivity contribution < 1.29 is 14.7 Å². The van der Waals surface area contributed by atoms with Gasteiger partial charge in [0.05, 0.1) is 6.61 Å². The van der Waals surface area contributed by atoms with Crippen molar-refractivity contribution in [3.05, 3.63) is 0 Å². The first kappa shape index (κ1) is 11.5. The summed E-state index contributed by atoms with van der Waals surface area (Å²) in [5, 5.41) is 10.6. The van der Waals surface area contributed by atoms with Crippen LogP contribution in [0, 0.1) is 0 Å². The van der Waals surface area contributed by atoms with Crippen LogP contribution in [0.2, 0.25) is 0 Å². The molecule has 0 aliphatic rings. The van der Waals surface area contributed by atoms with Crippen molar-refractivity contribution in [2.75, 3.05) is 20.2 Å². The van der Waals surface area contributed by atoms with E-state index in [1.165, 1.54) is 7.05 Å². The number of amides is 4. The summed E-state index contributed by atoms with van der Waals surface area (Å²) in [6, 6.07) is -1.19. The van der Waals surface area contributed by atoms with Gasteiger partial charge in [0.15, 0.2) is 0 Å².